The molecule has 4 aromatic rings. The number of ether oxygens (including phenoxy) is 1. The monoisotopic (exact) mass is 518 g/mol. The molecule has 0 saturated carbocycles. The van der Waals surface area contributed by atoms with Crippen LogP contribution >= 0.6 is 0 Å². The van der Waals surface area contributed by atoms with E-state index in [0.29, 0.717) is 41.5 Å². The number of rotatable bonds is 10. The van der Waals surface area contributed by atoms with Gasteiger partial charge in [-0.05, 0) is 20.2 Å². The lowest BCUT2D eigenvalue weighted by molar-refractivity contribution is -0.384. The van der Waals surface area contributed by atoms with Gasteiger partial charge in [-0.25, -0.2) is 9.97 Å². The minimum Gasteiger partial charge on any atom is -0.494 e. The summed E-state index contributed by atoms with van der Waals surface area (Å²) >= 11 is 0. The Morgan fingerprint density at radius 1 is 1.21 bits per heavy atom. The van der Waals surface area contributed by atoms with Crippen LogP contribution in [0.4, 0.5) is 23.0 Å². The van der Waals surface area contributed by atoms with Crippen LogP contribution in [0.15, 0.2) is 48.8 Å². The number of benzene rings is 2. The largest absolute Gasteiger partial charge is 0.494 e. The third kappa shape index (κ3) is 5.20. The minimum absolute atomic E-state index is 0.0995. The molecule has 2 aromatic carbocycles. The lowest BCUT2D eigenvalue weighted by atomic mass is 10.1. The molecule has 2 heterocycles. The number of fused-ring (bicyclic) bond motifs is 1. The summed E-state index contributed by atoms with van der Waals surface area (Å²) < 4.78 is 7.48. The second kappa shape index (κ2) is 10.7. The standard InChI is InChI=1S/C26H30N8O4/c1-31(2)10-11-32(3)21-13-23(38-5)19(12-22(21)34(36)37)29-26-28-14-17(25(27)35)24(30-26)18-15-33(4)20-9-7-6-8-16(18)20/h6-9,12-15H,10-11H2,1-5H3,(H2,27,35)(H,28,29,30). The number of nitrogens with zero attached hydrogens (tertiary/aromatic N) is 6. The summed E-state index contributed by atoms with van der Waals surface area (Å²) in [6, 6.07) is 10.7. The fourth-order valence-corrected chi connectivity index (χ4v) is 4.23. The van der Waals surface area contributed by atoms with E-state index in [4.69, 9.17) is 10.5 Å². The molecular weight excluding hydrogens is 488 g/mol. The molecule has 0 bridgehead atoms. The molecular formula is C26H30N8O4. The highest BCUT2D eigenvalue weighted by Gasteiger charge is 2.23. The molecule has 0 aliphatic heterocycles. The number of primary amides is 1. The molecule has 0 atom stereocenters. The predicted octanol–water partition coefficient (Wildman–Crippen LogP) is 3.39. The lowest BCUT2D eigenvalue weighted by Crippen LogP contribution is -2.29. The number of methoxy groups -OCH3 is 1. The average Bonchev–Trinajstić information content (AvgIpc) is 3.23. The SMILES string of the molecule is COc1cc(N(C)CCN(C)C)c([N+](=O)[O-])cc1Nc1ncc(C(N)=O)c(-c2cn(C)c3ccccc23)n1. The molecule has 0 aliphatic carbocycles. The summed E-state index contributed by atoms with van der Waals surface area (Å²) in [6.07, 6.45) is 3.21. The fourth-order valence-electron chi connectivity index (χ4n) is 4.23. The molecule has 2 aromatic heterocycles. The Labute approximate surface area is 219 Å². The van der Waals surface area contributed by atoms with Crippen molar-refractivity contribution in [2.75, 3.05) is 51.6 Å². The second-order valence-electron chi connectivity index (χ2n) is 9.14. The molecule has 0 aliphatic rings. The molecule has 0 unspecified atom stereocenters. The van der Waals surface area contributed by atoms with E-state index in [1.54, 1.807) is 18.0 Å². The van der Waals surface area contributed by atoms with E-state index < -0.39 is 10.8 Å². The maximum Gasteiger partial charge on any atom is 0.294 e. The van der Waals surface area contributed by atoms with Crippen molar-refractivity contribution in [2.24, 2.45) is 12.8 Å². The normalized spacial score (nSPS) is 11.1. The van der Waals surface area contributed by atoms with Crippen molar-refractivity contribution in [3.63, 3.8) is 0 Å². The number of aryl methyl sites for hydroxylation is 1. The number of carbonyl (C=O) groups excluding carboxylic acids is 1. The predicted molar refractivity (Wildman–Crippen MR) is 147 cm³/mol. The number of hydrogen-bond acceptors (Lipinski definition) is 9. The molecule has 12 heteroatoms. The minimum atomic E-state index is -0.669. The van der Waals surface area contributed by atoms with Gasteiger partial charge in [-0.2, -0.15) is 0 Å². The molecule has 0 radical (unpaired) electrons. The molecule has 3 N–H and O–H groups in total. The van der Waals surface area contributed by atoms with Crippen molar-refractivity contribution < 1.29 is 14.5 Å². The molecule has 0 spiro atoms. The van der Waals surface area contributed by atoms with E-state index in [0.717, 1.165) is 10.9 Å². The van der Waals surface area contributed by atoms with Crippen molar-refractivity contribution >= 4 is 39.8 Å². The third-order valence-electron chi connectivity index (χ3n) is 6.24. The number of nitro groups is 1. The van der Waals surface area contributed by atoms with Crippen LogP contribution in [0.25, 0.3) is 22.2 Å². The van der Waals surface area contributed by atoms with Crippen LogP contribution in [-0.2, 0) is 7.05 Å². The summed E-state index contributed by atoms with van der Waals surface area (Å²) in [5.74, 6) is -0.173. The number of likely N-dealkylation sites (N-methyl/N-ethyl adjacent to an activating group) is 2. The Kier molecular flexibility index (Phi) is 7.44. The van der Waals surface area contributed by atoms with Gasteiger partial charge in [0.1, 0.15) is 11.4 Å². The van der Waals surface area contributed by atoms with E-state index in [1.807, 2.05) is 61.1 Å². The summed E-state index contributed by atoms with van der Waals surface area (Å²) in [5.41, 5.74) is 8.43. The number of hydrogen-bond donors (Lipinski definition) is 2. The fraction of sp³-hybridized carbons (Fsp3) is 0.269. The topological polar surface area (TPSA) is 145 Å². The first-order valence-corrected chi connectivity index (χ1v) is 11.8. The highest BCUT2D eigenvalue weighted by Crippen LogP contribution is 2.39. The highest BCUT2D eigenvalue weighted by atomic mass is 16.6. The molecule has 12 nitrogen and oxygen atoms in total. The van der Waals surface area contributed by atoms with Crippen LogP contribution in [0.1, 0.15) is 10.4 Å². The molecule has 0 saturated heterocycles. The average molecular weight is 519 g/mol. The smallest absolute Gasteiger partial charge is 0.294 e. The zero-order valence-corrected chi connectivity index (χ0v) is 21.9. The van der Waals surface area contributed by atoms with Crippen LogP contribution in [0, 0.1) is 10.1 Å². The number of aromatic nitrogens is 3. The van der Waals surface area contributed by atoms with Crippen LogP contribution in [0.5, 0.6) is 5.75 Å². The number of amides is 1. The van der Waals surface area contributed by atoms with E-state index >= 15 is 0 Å². The Balaban J connectivity index is 1.79. The van der Waals surface area contributed by atoms with Gasteiger partial charge in [0.25, 0.3) is 11.6 Å². The maximum atomic E-state index is 12.2. The lowest BCUT2D eigenvalue weighted by Gasteiger charge is -2.22. The summed E-state index contributed by atoms with van der Waals surface area (Å²) in [4.78, 5) is 36.4. The molecule has 1 amide bonds. The molecule has 198 valence electrons. The number of nitrogens with one attached hydrogen (secondary N) is 1. The Morgan fingerprint density at radius 3 is 2.61 bits per heavy atom. The Hall–Kier alpha value is -4.71. The van der Waals surface area contributed by atoms with Gasteiger partial charge in [-0.3, -0.25) is 14.9 Å². The van der Waals surface area contributed by atoms with E-state index in [2.05, 4.69) is 15.3 Å². The van der Waals surface area contributed by atoms with E-state index in [9.17, 15) is 14.9 Å². The second-order valence-corrected chi connectivity index (χ2v) is 9.14. The maximum absolute atomic E-state index is 12.2. The van der Waals surface area contributed by atoms with Crippen LogP contribution in [0.3, 0.4) is 0 Å². The first kappa shape index (κ1) is 26.4. The van der Waals surface area contributed by atoms with E-state index in [1.165, 1.54) is 19.4 Å². The van der Waals surface area contributed by atoms with Gasteiger partial charge in [-0.15, -0.1) is 0 Å². The zero-order chi connectivity index (χ0) is 27.6. The van der Waals surface area contributed by atoms with Gasteiger partial charge < -0.3 is 30.2 Å². The van der Waals surface area contributed by atoms with Gasteiger partial charge in [0.05, 0.1) is 29.0 Å². The van der Waals surface area contributed by atoms with Crippen molar-refractivity contribution in [3.05, 3.63) is 64.5 Å². The molecule has 38 heavy (non-hydrogen) atoms. The zero-order valence-electron chi connectivity index (χ0n) is 21.9. The number of carbonyl (C=O) groups is 1. The number of para-hydroxylation sites is 1. The third-order valence-corrected chi connectivity index (χ3v) is 6.24. The van der Waals surface area contributed by atoms with Crippen LogP contribution in [0.2, 0.25) is 0 Å². The summed E-state index contributed by atoms with van der Waals surface area (Å²) in [7, 11) is 9.05. The number of anilines is 3. The van der Waals surface area contributed by atoms with Crippen molar-refractivity contribution in [2.45, 2.75) is 0 Å². The van der Waals surface area contributed by atoms with Crippen molar-refractivity contribution in [1.29, 1.82) is 0 Å². The van der Waals surface area contributed by atoms with Gasteiger partial charge in [-0.1, -0.05) is 18.2 Å². The first-order chi connectivity index (χ1) is 18.1. The molecule has 0 fully saturated rings. The van der Waals surface area contributed by atoms with Gasteiger partial charge >= 0.3 is 0 Å². The number of nitro benzene ring substituents is 1. The summed E-state index contributed by atoms with van der Waals surface area (Å²) in [5, 5.41) is 15.9. The Bertz CT molecular complexity index is 1510. The van der Waals surface area contributed by atoms with Crippen molar-refractivity contribution in [3.8, 4) is 17.0 Å². The van der Waals surface area contributed by atoms with Crippen LogP contribution in [-0.4, -0.2) is 71.6 Å². The quantitative estimate of drug-likeness (QED) is 0.238. The van der Waals surface area contributed by atoms with E-state index in [-0.39, 0.29) is 17.2 Å². The Morgan fingerprint density at radius 2 is 1.95 bits per heavy atom. The van der Waals surface area contributed by atoms with Crippen molar-refractivity contribution in [1.82, 2.24) is 19.4 Å². The highest BCUT2D eigenvalue weighted by molar-refractivity contribution is 6.04. The van der Waals surface area contributed by atoms with Gasteiger partial charge in [0.2, 0.25) is 5.95 Å². The van der Waals surface area contributed by atoms with Gasteiger partial charge in [0, 0.05) is 68.2 Å². The van der Waals surface area contributed by atoms with Crippen LogP contribution < -0.4 is 20.7 Å². The van der Waals surface area contributed by atoms with Gasteiger partial charge in [0.15, 0.2) is 0 Å². The summed E-state index contributed by atoms with van der Waals surface area (Å²) in [6.45, 7) is 1.29. The first-order valence-electron chi connectivity index (χ1n) is 11.8. The number of nitrogens with two attached hydrogens (primary N) is 1. The molecule has 4 rings (SSSR count).